The minimum Gasteiger partial charge on any atom is -0.507 e. The molecule has 12 heteroatoms. The maximum atomic E-state index is 12.8. The van der Waals surface area contributed by atoms with Crippen molar-refractivity contribution in [2.45, 2.75) is 23.1 Å². The molecule has 0 unspecified atom stereocenters. The quantitative estimate of drug-likeness (QED) is 0.313. The zero-order chi connectivity index (χ0) is 26.5. The van der Waals surface area contributed by atoms with Crippen molar-refractivity contribution in [3.63, 3.8) is 0 Å². The van der Waals surface area contributed by atoms with E-state index in [1.165, 1.54) is 12.1 Å². The van der Waals surface area contributed by atoms with Crippen molar-refractivity contribution in [2.75, 3.05) is 12.8 Å². The number of hydrogen-bond donors (Lipinski definition) is 2. The first-order chi connectivity index (χ1) is 16.9. The molecule has 0 saturated carbocycles. The van der Waals surface area contributed by atoms with Gasteiger partial charge < -0.3 is 5.11 Å². The summed E-state index contributed by atoms with van der Waals surface area (Å²) < 4.78 is 53.3. The Balaban J connectivity index is 2.00. The van der Waals surface area contributed by atoms with Crippen LogP contribution in [-0.4, -0.2) is 40.7 Å². The van der Waals surface area contributed by atoms with Crippen LogP contribution >= 0.6 is 0 Å². The van der Waals surface area contributed by atoms with Crippen molar-refractivity contribution >= 4 is 25.8 Å². The number of carbonyl (C=O) groups is 1. The molecule has 0 aliphatic heterocycles. The summed E-state index contributed by atoms with van der Waals surface area (Å²) in [5, 5.41) is 19.0. The average molecular weight is 531 g/mol. The van der Waals surface area contributed by atoms with Crippen LogP contribution in [0, 0.1) is 11.3 Å². The Hall–Kier alpha value is -3.92. The number of aromatic hydroxyl groups is 1. The monoisotopic (exact) mass is 530 g/mol. The number of benzene rings is 3. The van der Waals surface area contributed by atoms with E-state index in [-0.39, 0.29) is 34.7 Å². The van der Waals surface area contributed by atoms with E-state index < -0.39 is 36.5 Å². The average Bonchev–Trinajstić information content (AvgIpc) is 2.82. The highest BCUT2D eigenvalue weighted by Crippen LogP contribution is 2.38. The predicted octanol–water partition coefficient (Wildman–Crippen LogP) is 2.71. The molecule has 188 valence electrons. The summed E-state index contributed by atoms with van der Waals surface area (Å²) in [6.45, 7) is 0.847. The van der Waals surface area contributed by atoms with Crippen molar-refractivity contribution < 1.29 is 36.5 Å². The van der Waals surface area contributed by atoms with Crippen molar-refractivity contribution in [3.05, 3.63) is 71.8 Å². The molecule has 2 N–H and O–H groups in total. The normalized spacial score (nSPS) is 11.5. The molecule has 0 spiro atoms. The van der Waals surface area contributed by atoms with Gasteiger partial charge in [-0.25, -0.2) is 26.4 Å². The Labute approximate surface area is 208 Å². The number of phenols is 1. The highest BCUT2D eigenvalue weighted by atomic mass is 32.2. The van der Waals surface area contributed by atoms with E-state index in [2.05, 4.69) is 9.61 Å². The van der Waals surface area contributed by atoms with Gasteiger partial charge in [-0.05, 0) is 30.2 Å². The van der Waals surface area contributed by atoms with E-state index in [1.807, 2.05) is 0 Å². The molecule has 3 aromatic carbocycles. The van der Waals surface area contributed by atoms with Gasteiger partial charge in [-0.15, -0.1) is 0 Å². The standard InChI is InChI=1S/C24H22N2O8S2/c1-16(27)33-34-23-19(9-10-20(24(23)35(2,29)30)18-6-4-3-5-7-18)12-13-26-36(31,32)22-14-17(15-25)8-11-21(22)28/h3-11,14,26,28H,12-13H2,1-2H3. The van der Waals surface area contributed by atoms with Gasteiger partial charge in [-0.2, -0.15) is 5.26 Å². The highest BCUT2D eigenvalue weighted by molar-refractivity contribution is 7.91. The third-order valence-corrected chi connectivity index (χ3v) is 7.59. The Morgan fingerprint density at radius 2 is 1.75 bits per heavy atom. The lowest BCUT2D eigenvalue weighted by molar-refractivity contribution is -0.212. The van der Waals surface area contributed by atoms with Crippen LogP contribution in [0.1, 0.15) is 18.1 Å². The van der Waals surface area contributed by atoms with Crippen molar-refractivity contribution in [2.24, 2.45) is 0 Å². The lowest BCUT2D eigenvalue weighted by Crippen LogP contribution is -2.26. The van der Waals surface area contributed by atoms with Crippen LogP contribution in [0.4, 0.5) is 0 Å². The minimum atomic E-state index is -4.22. The van der Waals surface area contributed by atoms with E-state index in [4.69, 9.17) is 10.1 Å². The number of phenolic OH excluding ortho intramolecular Hbond substituents is 1. The van der Waals surface area contributed by atoms with Gasteiger partial charge in [0.1, 0.15) is 15.5 Å². The van der Waals surface area contributed by atoms with Crippen molar-refractivity contribution in [3.8, 4) is 28.7 Å². The number of nitrogens with zero attached hydrogens (tertiary/aromatic N) is 1. The molecule has 0 atom stereocenters. The van der Waals surface area contributed by atoms with Gasteiger partial charge in [0.15, 0.2) is 9.84 Å². The van der Waals surface area contributed by atoms with Crippen LogP contribution in [0.2, 0.25) is 0 Å². The van der Waals surface area contributed by atoms with E-state index in [9.17, 15) is 26.7 Å². The Bertz CT molecular complexity index is 1540. The maximum absolute atomic E-state index is 12.8. The van der Waals surface area contributed by atoms with E-state index in [0.29, 0.717) is 11.1 Å². The molecule has 0 aliphatic carbocycles. The van der Waals surface area contributed by atoms with Crippen LogP contribution in [0.3, 0.4) is 0 Å². The molecule has 10 nitrogen and oxygen atoms in total. The molecule has 0 aliphatic rings. The fraction of sp³-hybridized carbons (Fsp3) is 0.167. The smallest absolute Gasteiger partial charge is 0.352 e. The molecule has 0 aromatic heterocycles. The van der Waals surface area contributed by atoms with Gasteiger partial charge >= 0.3 is 5.97 Å². The van der Waals surface area contributed by atoms with Gasteiger partial charge in [0.05, 0.1) is 11.6 Å². The first-order valence-electron chi connectivity index (χ1n) is 10.4. The minimum absolute atomic E-state index is 0.0412. The fourth-order valence-electron chi connectivity index (χ4n) is 3.40. The van der Waals surface area contributed by atoms with Gasteiger partial charge in [-0.3, -0.25) is 9.78 Å². The molecular weight excluding hydrogens is 508 g/mol. The number of hydrogen-bond acceptors (Lipinski definition) is 9. The lowest BCUT2D eigenvalue weighted by Gasteiger charge is -2.17. The van der Waals surface area contributed by atoms with Crippen LogP contribution < -0.4 is 9.61 Å². The number of nitrogens with one attached hydrogen (secondary N) is 1. The van der Waals surface area contributed by atoms with Crippen LogP contribution in [0.5, 0.6) is 11.5 Å². The van der Waals surface area contributed by atoms with Crippen molar-refractivity contribution in [1.29, 1.82) is 5.26 Å². The Morgan fingerprint density at radius 1 is 1.06 bits per heavy atom. The van der Waals surface area contributed by atoms with Gasteiger partial charge in [0.25, 0.3) is 0 Å². The fourth-order valence-corrected chi connectivity index (χ4v) is 5.64. The summed E-state index contributed by atoms with van der Waals surface area (Å²) in [6, 6.07) is 16.9. The number of sulfone groups is 1. The summed E-state index contributed by atoms with van der Waals surface area (Å²) in [5.41, 5.74) is 1.17. The van der Waals surface area contributed by atoms with E-state index >= 15 is 0 Å². The molecule has 0 radical (unpaired) electrons. The number of carbonyl (C=O) groups excluding carboxylic acids is 1. The molecule has 36 heavy (non-hydrogen) atoms. The molecular formula is C24H22N2O8S2. The second-order valence-electron chi connectivity index (χ2n) is 7.67. The van der Waals surface area contributed by atoms with Crippen LogP contribution in [0.25, 0.3) is 11.1 Å². The number of sulfonamides is 1. The highest BCUT2D eigenvalue weighted by Gasteiger charge is 2.26. The first-order valence-corrected chi connectivity index (χ1v) is 13.8. The first kappa shape index (κ1) is 26.7. The van der Waals surface area contributed by atoms with Gasteiger partial charge in [-0.1, -0.05) is 42.5 Å². The third kappa shape index (κ3) is 6.19. The second kappa shape index (κ2) is 10.8. The molecule has 3 aromatic rings. The van der Waals surface area contributed by atoms with Crippen LogP contribution in [-0.2, 0) is 36.0 Å². The lowest BCUT2D eigenvalue weighted by atomic mass is 10.0. The summed E-state index contributed by atoms with van der Waals surface area (Å²) in [4.78, 5) is 20.5. The zero-order valence-electron chi connectivity index (χ0n) is 19.3. The second-order valence-corrected chi connectivity index (χ2v) is 11.4. The molecule has 3 rings (SSSR count). The van der Waals surface area contributed by atoms with Gasteiger partial charge in [0.2, 0.25) is 15.8 Å². The SMILES string of the molecule is CC(=O)OOc1c(CCNS(=O)(=O)c2cc(C#N)ccc2O)ccc(-c2ccccc2)c1S(C)(=O)=O. The summed E-state index contributed by atoms with van der Waals surface area (Å²) in [7, 11) is -8.13. The third-order valence-electron chi connectivity index (χ3n) is 4.96. The largest absolute Gasteiger partial charge is 0.507 e. The summed E-state index contributed by atoms with van der Waals surface area (Å²) in [6.07, 6.45) is 0.916. The zero-order valence-corrected chi connectivity index (χ0v) is 20.9. The summed E-state index contributed by atoms with van der Waals surface area (Å²) >= 11 is 0. The van der Waals surface area contributed by atoms with Crippen LogP contribution in [0.15, 0.2) is 70.5 Å². The maximum Gasteiger partial charge on any atom is 0.352 e. The molecule has 0 bridgehead atoms. The Kier molecular flexibility index (Phi) is 7.99. The molecule has 0 fully saturated rings. The molecule has 0 amide bonds. The van der Waals surface area contributed by atoms with Crippen molar-refractivity contribution in [1.82, 2.24) is 4.72 Å². The topological polar surface area (TPSA) is 160 Å². The predicted molar refractivity (Wildman–Crippen MR) is 129 cm³/mol. The number of nitriles is 1. The van der Waals surface area contributed by atoms with E-state index in [0.717, 1.165) is 25.3 Å². The molecule has 0 heterocycles. The number of rotatable bonds is 9. The van der Waals surface area contributed by atoms with Gasteiger partial charge in [0, 0.05) is 30.9 Å². The van der Waals surface area contributed by atoms with E-state index in [1.54, 1.807) is 42.5 Å². The molecule has 0 saturated heterocycles. The summed E-state index contributed by atoms with van der Waals surface area (Å²) in [5.74, 6) is -1.60. The Morgan fingerprint density at radius 3 is 2.36 bits per heavy atom.